The summed E-state index contributed by atoms with van der Waals surface area (Å²) in [5.41, 5.74) is 1.89. The van der Waals surface area contributed by atoms with Crippen molar-refractivity contribution in [2.45, 2.75) is 26.3 Å². The number of aromatic nitrogens is 2. The number of halogens is 1. The quantitative estimate of drug-likeness (QED) is 0.796. The molecule has 0 bridgehead atoms. The zero-order valence-electron chi connectivity index (χ0n) is 12.1. The normalized spacial score (nSPS) is 10.5. The molecule has 0 unspecified atom stereocenters. The molecule has 5 heteroatoms. The van der Waals surface area contributed by atoms with Gasteiger partial charge in [-0.3, -0.25) is 0 Å². The second-order valence-corrected chi connectivity index (χ2v) is 4.96. The Labute approximate surface area is 124 Å². The summed E-state index contributed by atoms with van der Waals surface area (Å²) in [4.78, 5) is 4.32. The molecule has 1 aromatic heterocycles. The first kappa shape index (κ1) is 15.2. The lowest BCUT2D eigenvalue weighted by Crippen LogP contribution is -2.17. The van der Waals surface area contributed by atoms with Crippen molar-refractivity contribution in [3.63, 3.8) is 0 Å². The molecule has 0 saturated carbocycles. The highest BCUT2D eigenvalue weighted by molar-refractivity contribution is 5.33. The standard InChI is InChI=1S/C16H19FN4/c1-2-6-19-7-5-15-11-21(12-20-15)10-14-4-3-13(9-18)8-16(14)17/h3-4,8,11-12,19H,2,5-7,10H2,1H3. The van der Waals surface area contributed by atoms with Crippen molar-refractivity contribution in [2.24, 2.45) is 0 Å². The molecule has 0 aliphatic heterocycles. The van der Waals surface area contributed by atoms with Crippen molar-refractivity contribution in [2.75, 3.05) is 13.1 Å². The predicted octanol–water partition coefficient (Wildman–Crippen LogP) is 2.48. The third-order valence-corrected chi connectivity index (χ3v) is 3.21. The lowest BCUT2D eigenvalue weighted by molar-refractivity contribution is 0.599. The van der Waals surface area contributed by atoms with Gasteiger partial charge >= 0.3 is 0 Å². The molecule has 0 radical (unpaired) electrons. The third-order valence-electron chi connectivity index (χ3n) is 3.21. The Balaban J connectivity index is 1.95. The van der Waals surface area contributed by atoms with Crippen LogP contribution in [0.15, 0.2) is 30.7 Å². The number of hydrogen-bond acceptors (Lipinski definition) is 3. The first-order chi connectivity index (χ1) is 10.2. The van der Waals surface area contributed by atoms with Crippen LogP contribution in [-0.4, -0.2) is 22.6 Å². The second kappa shape index (κ2) is 7.55. The summed E-state index contributed by atoms with van der Waals surface area (Å²) >= 11 is 0. The Hall–Kier alpha value is -2.19. The van der Waals surface area contributed by atoms with Crippen LogP contribution < -0.4 is 5.32 Å². The fraction of sp³-hybridized carbons (Fsp3) is 0.375. The van der Waals surface area contributed by atoms with E-state index >= 15 is 0 Å². The van der Waals surface area contributed by atoms with Crippen molar-refractivity contribution in [3.05, 3.63) is 53.4 Å². The molecule has 0 aliphatic rings. The lowest BCUT2D eigenvalue weighted by Gasteiger charge is -2.04. The highest BCUT2D eigenvalue weighted by atomic mass is 19.1. The fourth-order valence-electron chi connectivity index (χ4n) is 2.08. The Morgan fingerprint density at radius 2 is 2.24 bits per heavy atom. The van der Waals surface area contributed by atoms with E-state index in [1.165, 1.54) is 6.07 Å². The van der Waals surface area contributed by atoms with Crippen LogP contribution in [0.3, 0.4) is 0 Å². The Bertz CT molecular complexity index is 627. The molecule has 110 valence electrons. The lowest BCUT2D eigenvalue weighted by atomic mass is 10.1. The van der Waals surface area contributed by atoms with E-state index < -0.39 is 0 Å². The van der Waals surface area contributed by atoms with Crippen molar-refractivity contribution in [1.82, 2.24) is 14.9 Å². The van der Waals surface area contributed by atoms with E-state index in [1.807, 2.05) is 16.8 Å². The van der Waals surface area contributed by atoms with Gasteiger partial charge in [-0.05, 0) is 25.1 Å². The minimum atomic E-state index is -0.353. The molecule has 2 aromatic rings. The van der Waals surface area contributed by atoms with Gasteiger partial charge in [0.2, 0.25) is 0 Å². The largest absolute Gasteiger partial charge is 0.333 e. The van der Waals surface area contributed by atoms with Crippen LogP contribution in [0.1, 0.15) is 30.2 Å². The van der Waals surface area contributed by atoms with Crippen molar-refractivity contribution in [1.29, 1.82) is 5.26 Å². The summed E-state index contributed by atoms with van der Waals surface area (Å²) < 4.78 is 15.7. The van der Waals surface area contributed by atoms with E-state index in [0.29, 0.717) is 17.7 Å². The maximum absolute atomic E-state index is 13.8. The number of nitrogens with zero attached hydrogens (tertiary/aromatic N) is 3. The van der Waals surface area contributed by atoms with Gasteiger partial charge < -0.3 is 9.88 Å². The Kier molecular flexibility index (Phi) is 5.47. The van der Waals surface area contributed by atoms with Gasteiger partial charge in [-0.1, -0.05) is 13.0 Å². The molecule has 1 N–H and O–H groups in total. The average molecular weight is 286 g/mol. The number of hydrogen-bond donors (Lipinski definition) is 1. The van der Waals surface area contributed by atoms with E-state index in [4.69, 9.17) is 5.26 Å². The molecule has 4 nitrogen and oxygen atoms in total. The van der Waals surface area contributed by atoms with Crippen LogP contribution in [0, 0.1) is 17.1 Å². The summed E-state index contributed by atoms with van der Waals surface area (Å²) in [7, 11) is 0. The molecule has 0 fully saturated rings. The smallest absolute Gasteiger partial charge is 0.129 e. The van der Waals surface area contributed by atoms with Gasteiger partial charge in [0.1, 0.15) is 5.82 Å². The average Bonchev–Trinajstić information content (AvgIpc) is 2.93. The molecule has 0 atom stereocenters. The minimum Gasteiger partial charge on any atom is -0.333 e. The maximum atomic E-state index is 13.8. The van der Waals surface area contributed by atoms with Crippen molar-refractivity contribution < 1.29 is 4.39 Å². The molecule has 1 aromatic carbocycles. The van der Waals surface area contributed by atoms with Gasteiger partial charge in [0.05, 0.1) is 30.2 Å². The SMILES string of the molecule is CCCNCCc1cn(Cc2ccc(C#N)cc2F)cn1. The molecule has 1 heterocycles. The minimum absolute atomic E-state index is 0.338. The third kappa shape index (κ3) is 4.40. The molecule has 0 aliphatic carbocycles. The molecule has 0 amide bonds. The first-order valence-corrected chi connectivity index (χ1v) is 7.13. The zero-order valence-corrected chi connectivity index (χ0v) is 12.1. The van der Waals surface area contributed by atoms with Gasteiger partial charge in [-0.25, -0.2) is 9.37 Å². The van der Waals surface area contributed by atoms with Crippen LogP contribution in [-0.2, 0) is 13.0 Å². The van der Waals surface area contributed by atoms with Crippen LogP contribution in [0.5, 0.6) is 0 Å². The predicted molar refractivity (Wildman–Crippen MR) is 79.3 cm³/mol. The molecular weight excluding hydrogens is 267 g/mol. The Morgan fingerprint density at radius 1 is 1.38 bits per heavy atom. The van der Waals surface area contributed by atoms with Gasteiger partial charge in [0.15, 0.2) is 0 Å². The van der Waals surface area contributed by atoms with E-state index in [-0.39, 0.29) is 5.82 Å². The second-order valence-electron chi connectivity index (χ2n) is 4.96. The van der Waals surface area contributed by atoms with Crippen LogP contribution in [0.25, 0.3) is 0 Å². The number of nitriles is 1. The summed E-state index contributed by atoms with van der Waals surface area (Å²) in [6, 6.07) is 6.48. The summed E-state index contributed by atoms with van der Waals surface area (Å²) in [5, 5.41) is 12.1. The number of benzene rings is 1. The monoisotopic (exact) mass is 286 g/mol. The van der Waals surface area contributed by atoms with E-state index in [9.17, 15) is 4.39 Å². The number of nitrogens with one attached hydrogen (secondary N) is 1. The van der Waals surface area contributed by atoms with Gasteiger partial charge in [-0.2, -0.15) is 5.26 Å². The van der Waals surface area contributed by atoms with Gasteiger partial charge in [0, 0.05) is 24.7 Å². The highest BCUT2D eigenvalue weighted by Crippen LogP contribution is 2.12. The molecule has 0 saturated heterocycles. The van der Waals surface area contributed by atoms with Crippen molar-refractivity contribution >= 4 is 0 Å². The molecular formula is C16H19FN4. The van der Waals surface area contributed by atoms with Crippen LogP contribution in [0.2, 0.25) is 0 Å². The highest BCUT2D eigenvalue weighted by Gasteiger charge is 2.05. The zero-order chi connectivity index (χ0) is 15.1. The van der Waals surface area contributed by atoms with E-state index in [0.717, 1.165) is 31.6 Å². The van der Waals surface area contributed by atoms with Crippen molar-refractivity contribution in [3.8, 4) is 6.07 Å². The van der Waals surface area contributed by atoms with Crippen LogP contribution >= 0.6 is 0 Å². The number of imidazole rings is 1. The summed E-state index contributed by atoms with van der Waals surface area (Å²) in [5.74, 6) is -0.353. The first-order valence-electron chi connectivity index (χ1n) is 7.13. The summed E-state index contributed by atoms with van der Waals surface area (Å²) in [6.45, 7) is 4.47. The fourth-order valence-corrected chi connectivity index (χ4v) is 2.08. The summed E-state index contributed by atoms with van der Waals surface area (Å²) in [6.07, 6.45) is 5.63. The van der Waals surface area contributed by atoms with Gasteiger partial charge in [0.25, 0.3) is 0 Å². The molecule has 21 heavy (non-hydrogen) atoms. The Morgan fingerprint density at radius 3 is 2.95 bits per heavy atom. The molecule has 0 spiro atoms. The molecule has 2 rings (SSSR count). The number of rotatable bonds is 7. The topological polar surface area (TPSA) is 53.6 Å². The van der Waals surface area contributed by atoms with E-state index in [2.05, 4.69) is 17.2 Å². The maximum Gasteiger partial charge on any atom is 0.129 e. The van der Waals surface area contributed by atoms with E-state index in [1.54, 1.807) is 18.5 Å². The van der Waals surface area contributed by atoms with Gasteiger partial charge in [-0.15, -0.1) is 0 Å². The van der Waals surface area contributed by atoms with Crippen LogP contribution in [0.4, 0.5) is 4.39 Å².